The zero-order valence-electron chi connectivity index (χ0n) is 17.6. The molecule has 2 N–H and O–H groups in total. The Morgan fingerprint density at radius 3 is 2.47 bits per heavy atom. The second kappa shape index (κ2) is 10.6. The third-order valence-corrected chi connectivity index (χ3v) is 3.68. The Bertz CT molecular complexity index is 880. The Hall–Kier alpha value is -3.13. The van der Waals surface area contributed by atoms with Gasteiger partial charge in [-0.2, -0.15) is 0 Å². The lowest BCUT2D eigenvalue weighted by molar-refractivity contribution is 0.0635. The van der Waals surface area contributed by atoms with E-state index in [0.717, 1.165) is 6.07 Å². The Kier molecular flexibility index (Phi) is 8.17. The molecular formula is C22H27FN2O5. The van der Waals surface area contributed by atoms with Gasteiger partial charge in [-0.25, -0.2) is 9.18 Å². The minimum Gasteiger partial charge on any atom is -0.490 e. The summed E-state index contributed by atoms with van der Waals surface area (Å²) in [6.45, 7) is 8.28. The number of carbonyl (C=O) groups excluding carboxylic acids is 2. The lowest BCUT2D eigenvalue weighted by Gasteiger charge is -2.20. The van der Waals surface area contributed by atoms with Gasteiger partial charge in [0, 0.05) is 12.3 Å². The van der Waals surface area contributed by atoms with Gasteiger partial charge in [0.1, 0.15) is 23.8 Å². The van der Waals surface area contributed by atoms with Crippen molar-refractivity contribution in [3.05, 3.63) is 53.8 Å². The predicted molar refractivity (Wildman–Crippen MR) is 113 cm³/mol. The number of amides is 2. The van der Waals surface area contributed by atoms with Gasteiger partial charge in [-0.15, -0.1) is 0 Å². The van der Waals surface area contributed by atoms with E-state index >= 15 is 0 Å². The number of hydrogen-bond donors (Lipinski definition) is 2. The Morgan fingerprint density at radius 1 is 1.03 bits per heavy atom. The lowest BCUT2D eigenvalue weighted by Crippen LogP contribution is -2.27. The van der Waals surface area contributed by atoms with Gasteiger partial charge in [-0.05, 0) is 58.0 Å². The van der Waals surface area contributed by atoms with Crippen LogP contribution in [0.25, 0.3) is 0 Å². The summed E-state index contributed by atoms with van der Waals surface area (Å²) in [6, 6.07) is 10.6. The molecule has 2 aromatic rings. The summed E-state index contributed by atoms with van der Waals surface area (Å²) in [5.41, 5.74) is -0.210. The van der Waals surface area contributed by atoms with Gasteiger partial charge in [0.25, 0.3) is 5.91 Å². The van der Waals surface area contributed by atoms with Crippen molar-refractivity contribution in [3.8, 4) is 5.75 Å². The molecule has 0 saturated heterocycles. The summed E-state index contributed by atoms with van der Waals surface area (Å²) >= 11 is 0. The Balaban J connectivity index is 2.10. The molecule has 0 unspecified atom stereocenters. The van der Waals surface area contributed by atoms with Crippen molar-refractivity contribution in [1.82, 2.24) is 0 Å². The number of nitrogens with one attached hydrogen (secondary N) is 2. The van der Waals surface area contributed by atoms with Crippen LogP contribution in [0.2, 0.25) is 0 Å². The number of rotatable bonds is 8. The summed E-state index contributed by atoms with van der Waals surface area (Å²) < 4.78 is 30.1. The van der Waals surface area contributed by atoms with Crippen LogP contribution in [-0.2, 0) is 9.47 Å². The highest BCUT2D eigenvalue weighted by molar-refractivity contribution is 6.06. The van der Waals surface area contributed by atoms with Crippen LogP contribution in [0.1, 0.15) is 38.1 Å². The first-order valence-corrected chi connectivity index (χ1v) is 9.60. The average Bonchev–Trinajstić information content (AvgIpc) is 2.66. The molecule has 0 heterocycles. The van der Waals surface area contributed by atoms with E-state index in [1.54, 1.807) is 45.0 Å². The van der Waals surface area contributed by atoms with Gasteiger partial charge >= 0.3 is 6.09 Å². The number of carbonyl (C=O) groups is 2. The number of para-hydroxylation sites is 1. The summed E-state index contributed by atoms with van der Waals surface area (Å²) in [7, 11) is 0. The van der Waals surface area contributed by atoms with Crippen molar-refractivity contribution in [1.29, 1.82) is 0 Å². The van der Waals surface area contributed by atoms with Crippen LogP contribution in [-0.4, -0.2) is 37.4 Å². The molecular weight excluding hydrogens is 391 g/mol. The highest BCUT2D eigenvalue weighted by atomic mass is 19.1. The fraction of sp³-hybridized carbons (Fsp3) is 0.364. The molecule has 7 nitrogen and oxygen atoms in total. The summed E-state index contributed by atoms with van der Waals surface area (Å²) in [6.07, 6.45) is -0.794. The van der Waals surface area contributed by atoms with Crippen molar-refractivity contribution in [2.75, 3.05) is 30.5 Å². The van der Waals surface area contributed by atoms with Crippen LogP contribution in [0.15, 0.2) is 42.5 Å². The quantitative estimate of drug-likeness (QED) is 0.599. The van der Waals surface area contributed by atoms with Crippen molar-refractivity contribution in [2.24, 2.45) is 0 Å². The average molecular weight is 418 g/mol. The monoisotopic (exact) mass is 418 g/mol. The van der Waals surface area contributed by atoms with E-state index in [1.165, 1.54) is 12.1 Å². The van der Waals surface area contributed by atoms with Crippen molar-refractivity contribution >= 4 is 23.4 Å². The number of anilines is 2. The topological polar surface area (TPSA) is 85.9 Å². The first kappa shape index (κ1) is 23.2. The molecule has 0 aromatic heterocycles. The number of hydrogen-bond acceptors (Lipinski definition) is 5. The fourth-order valence-electron chi connectivity index (χ4n) is 2.45. The van der Waals surface area contributed by atoms with Crippen molar-refractivity contribution in [3.63, 3.8) is 0 Å². The Labute approximate surface area is 175 Å². The molecule has 0 aliphatic carbocycles. The summed E-state index contributed by atoms with van der Waals surface area (Å²) in [5.74, 6) is -0.681. The molecule has 0 bridgehead atoms. The molecule has 0 fully saturated rings. The van der Waals surface area contributed by atoms with E-state index < -0.39 is 23.4 Å². The van der Waals surface area contributed by atoms with Gasteiger partial charge in [0.2, 0.25) is 0 Å². The zero-order valence-corrected chi connectivity index (χ0v) is 17.6. The fourth-order valence-corrected chi connectivity index (χ4v) is 2.45. The van der Waals surface area contributed by atoms with E-state index in [1.807, 2.05) is 6.92 Å². The van der Waals surface area contributed by atoms with Crippen LogP contribution < -0.4 is 15.4 Å². The maximum absolute atomic E-state index is 14.1. The second-order valence-corrected chi connectivity index (χ2v) is 7.32. The molecule has 30 heavy (non-hydrogen) atoms. The third-order valence-electron chi connectivity index (χ3n) is 3.68. The Morgan fingerprint density at radius 2 is 1.77 bits per heavy atom. The second-order valence-electron chi connectivity index (χ2n) is 7.32. The first-order chi connectivity index (χ1) is 14.2. The summed E-state index contributed by atoms with van der Waals surface area (Å²) in [5, 5.41) is 5.03. The van der Waals surface area contributed by atoms with Crippen LogP contribution in [0.5, 0.6) is 5.75 Å². The SMILES string of the molecule is CCOCCOc1ccccc1C(=O)Nc1ccc(F)c(NC(=O)OC(C)(C)C)c1. The highest BCUT2D eigenvalue weighted by Gasteiger charge is 2.18. The largest absolute Gasteiger partial charge is 0.490 e. The molecule has 0 spiro atoms. The van der Waals surface area contributed by atoms with Gasteiger partial charge in [0.05, 0.1) is 17.9 Å². The molecule has 0 radical (unpaired) electrons. The minimum absolute atomic E-state index is 0.108. The molecule has 2 rings (SSSR count). The van der Waals surface area contributed by atoms with Gasteiger partial charge in [-0.3, -0.25) is 10.1 Å². The van der Waals surface area contributed by atoms with Crippen LogP contribution in [0, 0.1) is 5.82 Å². The zero-order chi connectivity index (χ0) is 22.1. The number of ether oxygens (including phenoxy) is 3. The predicted octanol–water partition coefficient (Wildman–Crippen LogP) is 4.84. The van der Waals surface area contributed by atoms with Crippen LogP contribution in [0.3, 0.4) is 0 Å². The summed E-state index contributed by atoms with van der Waals surface area (Å²) in [4.78, 5) is 24.6. The maximum Gasteiger partial charge on any atom is 0.412 e. The van der Waals surface area contributed by atoms with E-state index in [2.05, 4.69) is 10.6 Å². The van der Waals surface area contributed by atoms with Gasteiger partial charge < -0.3 is 19.5 Å². The van der Waals surface area contributed by atoms with E-state index in [9.17, 15) is 14.0 Å². The lowest BCUT2D eigenvalue weighted by atomic mass is 10.1. The first-order valence-electron chi connectivity index (χ1n) is 9.60. The van der Waals surface area contributed by atoms with Crippen molar-refractivity contribution in [2.45, 2.75) is 33.3 Å². The smallest absolute Gasteiger partial charge is 0.412 e. The van der Waals surface area contributed by atoms with Crippen molar-refractivity contribution < 1.29 is 28.2 Å². The van der Waals surface area contributed by atoms with E-state index in [0.29, 0.717) is 36.8 Å². The molecule has 0 atom stereocenters. The highest BCUT2D eigenvalue weighted by Crippen LogP contribution is 2.23. The molecule has 2 aromatic carbocycles. The molecule has 2 amide bonds. The number of halogens is 1. The maximum atomic E-state index is 14.1. The standard InChI is InChI=1S/C22H27FN2O5/c1-5-28-12-13-29-19-9-7-6-8-16(19)20(26)24-15-10-11-17(23)18(14-15)25-21(27)30-22(2,3)4/h6-11,14H,5,12-13H2,1-4H3,(H,24,26)(H,25,27). The third kappa shape index (κ3) is 7.36. The minimum atomic E-state index is -0.794. The van der Waals surface area contributed by atoms with E-state index in [4.69, 9.17) is 14.2 Å². The molecule has 8 heteroatoms. The molecule has 0 aliphatic heterocycles. The van der Waals surface area contributed by atoms with Crippen LogP contribution in [0.4, 0.5) is 20.6 Å². The molecule has 162 valence electrons. The normalized spacial score (nSPS) is 11.0. The number of benzene rings is 2. The molecule has 0 aliphatic rings. The van der Waals surface area contributed by atoms with Gasteiger partial charge in [-0.1, -0.05) is 12.1 Å². The van der Waals surface area contributed by atoms with Crippen LogP contribution >= 0.6 is 0 Å². The molecule has 0 saturated carbocycles. The van der Waals surface area contributed by atoms with E-state index in [-0.39, 0.29) is 5.69 Å². The van der Waals surface area contributed by atoms with Gasteiger partial charge in [0.15, 0.2) is 0 Å².